The molecule has 1 fully saturated rings. The van der Waals surface area contributed by atoms with Gasteiger partial charge in [-0.3, -0.25) is 24.6 Å². The summed E-state index contributed by atoms with van der Waals surface area (Å²) in [6.07, 6.45) is 0. The smallest absolute Gasteiger partial charge is 0.300 e. The van der Waals surface area contributed by atoms with E-state index in [0.29, 0.717) is 11.3 Å². The number of non-ortho nitro benzene ring substituents is 1. The standard InChI is InChI=1S/C26H23N3O5/c1-16-5-4-6-21(15-16)28-23(17-7-11-19(12-8-17)27(2)3)22(25(31)26(28)32)24(30)18-9-13-20(14-10-18)29(33)34/h4-15,23,30H,1-3H3/b24-22-. The molecule has 1 heterocycles. The molecular weight excluding hydrogens is 434 g/mol. The third-order valence-electron chi connectivity index (χ3n) is 5.80. The lowest BCUT2D eigenvalue weighted by Gasteiger charge is -2.26. The van der Waals surface area contributed by atoms with Crippen molar-refractivity contribution >= 4 is 34.5 Å². The highest BCUT2D eigenvalue weighted by Crippen LogP contribution is 2.42. The van der Waals surface area contributed by atoms with Crippen molar-refractivity contribution in [2.45, 2.75) is 13.0 Å². The van der Waals surface area contributed by atoms with Crippen molar-refractivity contribution in [2.75, 3.05) is 23.9 Å². The van der Waals surface area contributed by atoms with Gasteiger partial charge in [-0.25, -0.2) is 0 Å². The second-order valence-electron chi connectivity index (χ2n) is 8.30. The number of carbonyl (C=O) groups is 2. The average Bonchev–Trinajstić information content (AvgIpc) is 3.09. The number of Topliss-reactive ketones (excluding diaryl/α,β-unsaturated/α-hetero) is 1. The number of amides is 1. The Bertz CT molecular complexity index is 1310. The highest BCUT2D eigenvalue weighted by atomic mass is 16.6. The zero-order valence-electron chi connectivity index (χ0n) is 18.9. The average molecular weight is 457 g/mol. The molecule has 1 aliphatic rings. The summed E-state index contributed by atoms with van der Waals surface area (Å²) in [5.41, 5.74) is 3.03. The normalized spacial score (nSPS) is 17.1. The van der Waals surface area contributed by atoms with Crippen molar-refractivity contribution in [2.24, 2.45) is 0 Å². The fourth-order valence-corrected chi connectivity index (χ4v) is 4.04. The van der Waals surface area contributed by atoms with E-state index in [0.717, 1.165) is 11.3 Å². The molecule has 4 rings (SSSR count). The number of aryl methyl sites for hydroxylation is 1. The van der Waals surface area contributed by atoms with E-state index >= 15 is 0 Å². The molecule has 8 nitrogen and oxygen atoms in total. The van der Waals surface area contributed by atoms with Crippen LogP contribution >= 0.6 is 0 Å². The quantitative estimate of drug-likeness (QED) is 0.198. The molecular formula is C26H23N3O5. The molecule has 34 heavy (non-hydrogen) atoms. The Morgan fingerprint density at radius 1 is 1.00 bits per heavy atom. The summed E-state index contributed by atoms with van der Waals surface area (Å²) in [7, 11) is 3.81. The first-order valence-electron chi connectivity index (χ1n) is 10.6. The van der Waals surface area contributed by atoms with Crippen molar-refractivity contribution in [1.82, 2.24) is 0 Å². The molecule has 0 saturated carbocycles. The number of aliphatic hydroxyl groups is 1. The van der Waals surface area contributed by atoms with Gasteiger partial charge in [0.25, 0.3) is 17.4 Å². The monoisotopic (exact) mass is 457 g/mol. The van der Waals surface area contributed by atoms with E-state index in [1.54, 1.807) is 18.2 Å². The summed E-state index contributed by atoms with van der Waals surface area (Å²) in [6.45, 7) is 1.89. The van der Waals surface area contributed by atoms with Crippen LogP contribution in [0.15, 0.2) is 78.4 Å². The first-order chi connectivity index (χ1) is 16.2. The van der Waals surface area contributed by atoms with Crippen molar-refractivity contribution in [3.8, 4) is 0 Å². The maximum Gasteiger partial charge on any atom is 0.300 e. The lowest BCUT2D eigenvalue weighted by Crippen LogP contribution is -2.29. The molecule has 0 aromatic heterocycles. The Morgan fingerprint density at radius 2 is 1.65 bits per heavy atom. The van der Waals surface area contributed by atoms with Gasteiger partial charge in [-0.2, -0.15) is 0 Å². The van der Waals surface area contributed by atoms with E-state index in [1.165, 1.54) is 29.2 Å². The number of hydrogen-bond donors (Lipinski definition) is 1. The molecule has 3 aromatic rings. The number of aliphatic hydroxyl groups excluding tert-OH is 1. The van der Waals surface area contributed by atoms with Gasteiger partial charge in [-0.1, -0.05) is 24.3 Å². The second-order valence-corrected chi connectivity index (χ2v) is 8.30. The minimum atomic E-state index is -0.867. The summed E-state index contributed by atoms with van der Waals surface area (Å²) in [5.74, 6) is -1.96. The number of benzene rings is 3. The summed E-state index contributed by atoms with van der Waals surface area (Å²) in [6, 6.07) is 18.9. The number of ketones is 1. The van der Waals surface area contributed by atoms with Crippen LogP contribution in [0.25, 0.3) is 5.76 Å². The van der Waals surface area contributed by atoms with E-state index in [2.05, 4.69) is 0 Å². The Kier molecular flexibility index (Phi) is 5.89. The molecule has 1 N–H and O–H groups in total. The van der Waals surface area contributed by atoms with Gasteiger partial charge in [0.05, 0.1) is 16.5 Å². The lowest BCUT2D eigenvalue weighted by molar-refractivity contribution is -0.384. The zero-order chi connectivity index (χ0) is 24.6. The molecule has 1 atom stereocenters. The Morgan fingerprint density at radius 3 is 2.21 bits per heavy atom. The van der Waals surface area contributed by atoms with E-state index in [-0.39, 0.29) is 22.6 Å². The summed E-state index contributed by atoms with van der Waals surface area (Å²) in [5, 5.41) is 22.1. The fraction of sp³-hybridized carbons (Fsp3) is 0.154. The van der Waals surface area contributed by atoms with E-state index in [9.17, 15) is 24.8 Å². The van der Waals surface area contributed by atoms with E-state index in [1.807, 2.05) is 56.3 Å². The first-order valence-corrected chi connectivity index (χ1v) is 10.6. The molecule has 0 bridgehead atoms. The van der Waals surface area contributed by atoms with Crippen LogP contribution in [0.3, 0.4) is 0 Å². The Labute approximate surface area is 196 Å². The summed E-state index contributed by atoms with van der Waals surface area (Å²) >= 11 is 0. The van der Waals surface area contributed by atoms with Crippen molar-refractivity contribution in [1.29, 1.82) is 0 Å². The minimum Gasteiger partial charge on any atom is -0.507 e. The molecule has 0 aliphatic carbocycles. The second kappa shape index (κ2) is 8.82. The fourth-order valence-electron chi connectivity index (χ4n) is 4.04. The van der Waals surface area contributed by atoms with E-state index in [4.69, 9.17) is 0 Å². The van der Waals surface area contributed by atoms with E-state index < -0.39 is 22.7 Å². The van der Waals surface area contributed by atoms with Gasteiger partial charge in [0.1, 0.15) is 5.76 Å². The SMILES string of the molecule is Cc1cccc(N2C(=O)C(=O)/C(=C(\O)c3ccc([N+](=O)[O-])cc3)C2c2ccc(N(C)C)cc2)c1. The number of hydrogen-bond acceptors (Lipinski definition) is 6. The minimum absolute atomic E-state index is 0.0713. The van der Waals surface area contributed by atoms with Crippen LogP contribution in [0.5, 0.6) is 0 Å². The topological polar surface area (TPSA) is 104 Å². The molecule has 0 spiro atoms. The van der Waals surface area contributed by atoms with Gasteiger partial charge in [0, 0.05) is 43.2 Å². The Hall–Kier alpha value is -4.46. The molecule has 1 amide bonds. The van der Waals surface area contributed by atoms with Crippen molar-refractivity contribution in [3.05, 3.63) is 105 Å². The number of anilines is 2. The molecule has 3 aromatic carbocycles. The van der Waals surface area contributed by atoms with Gasteiger partial charge in [0.2, 0.25) is 0 Å². The highest BCUT2D eigenvalue weighted by Gasteiger charge is 2.47. The van der Waals surface area contributed by atoms with Crippen LogP contribution in [-0.4, -0.2) is 35.8 Å². The van der Waals surface area contributed by atoms with Crippen LogP contribution in [0, 0.1) is 17.0 Å². The number of rotatable bonds is 5. The zero-order valence-corrected chi connectivity index (χ0v) is 18.9. The lowest BCUT2D eigenvalue weighted by atomic mass is 9.94. The number of nitrogens with zero attached hydrogens (tertiary/aromatic N) is 3. The third-order valence-corrected chi connectivity index (χ3v) is 5.80. The molecule has 8 heteroatoms. The third kappa shape index (κ3) is 4.01. The van der Waals surface area contributed by atoms with Crippen molar-refractivity contribution < 1.29 is 19.6 Å². The summed E-state index contributed by atoms with van der Waals surface area (Å²) in [4.78, 5) is 40.2. The van der Waals surface area contributed by atoms with Crippen LogP contribution in [0.1, 0.15) is 22.7 Å². The maximum absolute atomic E-state index is 13.2. The van der Waals surface area contributed by atoms with Gasteiger partial charge in [-0.05, 0) is 54.4 Å². The van der Waals surface area contributed by atoms with Gasteiger partial charge in [0.15, 0.2) is 0 Å². The molecule has 1 saturated heterocycles. The predicted octanol–water partition coefficient (Wildman–Crippen LogP) is 4.60. The maximum atomic E-state index is 13.2. The molecule has 172 valence electrons. The first kappa shape index (κ1) is 22.7. The largest absolute Gasteiger partial charge is 0.507 e. The van der Waals surface area contributed by atoms with Crippen LogP contribution in [-0.2, 0) is 9.59 Å². The highest BCUT2D eigenvalue weighted by molar-refractivity contribution is 6.51. The number of nitro groups is 1. The molecule has 0 radical (unpaired) electrons. The van der Waals surface area contributed by atoms with Crippen molar-refractivity contribution in [3.63, 3.8) is 0 Å². The predicted molar refractivity (Wildman–Crippen MR) is 130 cm³/mol. The number of carbonyl (C=O) groups excluding carboxylic acids is 2. The summed E-state index contributed by atoms with van der Waals surface area (Å²) < 4.78 is 0. The Balaban J connectivity index is 1.91. The molecule has 1 aliphatic heterocycles. The van der Waals surface area contributed by atoms with Crippen LogP contribution in [0.2, 0.25) is 0 Å². The molecule has 1 unspecified atom stereocenters. The van der Waals surface area contributed by atoms with Crippen LogP contribution < -0.4 is 9.80 Å². The van der Waals surface area contributed by atoms with Gasteiger partial charge in [-0.15, -0.1) is 0 Å². The number of nitro benzene ring substituents is 1. The van der Waals surface area contributed by atoms with Gasteiger partial charge >= 0.3 is 0 Å². The van der Waals surface area contributed by atoms with Gasteiger partial charge < -0.3 is 10.0 Å². The van der Waals surface area contributed by atoms with Crippen LogP contribution in [0.4, 0.5) is 17.1 Å².